The van der Waals surface area contributed by atoms with Crippen LogP contribution in [0.5, 0.6) is 11.5 Å². The van der Waals surface area contributed by atoms with Crippen molar-refractivity contribution in [2.45, 2.75) is 78.6 Å². The maximum Gasteiger partial charge on any atom is 0.343 e. The van der Waals surface area contributed by atoms with Gasteiger partial charge in [-0.1, -0.05) is 64.3 Å². The Morgan fingerprint density at radius 1 is 0.614 bits per heavy atom. The average molecular weight is 603 g/mol. The summed E-state index contributed by atoms with van der Waals surface area (Å²) in [6.07, 6.45) is 8.76. The summed E-state index contributed by atoms with van der Waals surface area (Å²) in [5.74, 6) is 0.580. The van der Waals surface area contributed by atoms with E-state index in [1.54, 1.807) is 55.5 Å². The minimum atomic E-state index is -0.448. The third-order valence-corrected chi connectivity index (χ3v) is 7.27. The molecule has 3 aromatic carbocycles. The number of ether oxygens (including phenoxy) is 4. The van der Waals surface area contributed by atoms with E-state index in [1.165, 1.54) is 12.8 Å². The van der Waals surface area contributed by atoms with Crippen molar-refractivity contribution in [1.29, 1.82) is 0 Å². The second-order valence-electron chi connectivity index (χ2n) is 11.1. The molecule has 236 valence electrons. The maximum atomic E-state index is 12.7. The number of unbranched alkanes of at least 4 members (excludes halogenated alkanes) is 5. The molecule has 0 aliphatic carbocycles. The molecule has 7 nitrogen and oxygen atoms in total. The van der Waals surface area contributed by atoms with Crippen molar-refractivity contribution in [1.82, 2.24) is 0 Å². The zero-order chi connectivity index (χ0) is 31.6. The highest BCUT2D eigenvalue weighted by molar-refractivity contribution is 5.91. The largest absolute Gasteiger partial charge is 0.494 e. The van der Waals surface area contributed by atoms with Crippen LogP contribution in [-0.2, 0) is 14.3 Å². The topological polar surface area (TPSA) is 88.1 Å². The molecule has 0 bridgehead atoms. The van der Waals surface area contributed by atoms with Gasteiger partial charge < -0.3 is 18.9 Å². The Hall–Kier alpha value is -4.13. The third kappa shape index (κ3) is 12.2. The quantitative estimate of drug-likeness (QED) is 0.0769. The zero-order valence-corrected chi connectivity index (χ0v) is 26.3. The summed E-state index contributed by atoms with van der Waals surface area (Å²) in [4.78, 5) is 36.2. The predicted molar refractivity (Wildman–Crippen MR) is 172 cm³/mol. The molecule has 0 saturated heterocycles. The van der Waals surface area contributed by atoms with Crippen LogP contribution in [0.1, 0.15) is 99.3 Å². The summed E-state index contributed by atoms with van der Waals surface area (Å²) in [5.41, 5.74) is 2.84. The summed E-state index contributed by atoms with van der Waals surface area (Å²) in [7, 11) is 0. The summed E-state index contributed by atoms with van der Waals surface area (Å²) in [6.45, 7) is 7.57. The molecule has 0 amide bonds. The Balaban J connectivity index is 1.39. The fourth-order valence-electron chi connectivity index (χ4n) is 4.53. The van der Waals surface area contributed by atoms with Gasteiger partial charge in [0, 0.05) is 6.42 Å². The molecule has 3 aromatic rings. The molecule has 44 heavy (non-hydrogen) atoms. The third-order valence-electron chi connectivity index (χ3n) is 7.27. The Morgan fingerprint density at radius 2 is 1.18 bits per heavy atom. The van der Waals surface area contributed by atoms with Crippen LogP contribution >= 0.6 is 0 Å². The Kier molecular flexibility index (Phi) is 15.0. The molecule has 1 atom stereocenters. The van der Waals surface area contributed by atoms with E-state index < -0.39 is 5.97 Å². The fourth-order valence-corrected chi connectivity index (χ4v) is 4.53. The smallest absolute Gasteiger partial charge is 0.343 e. The molecule has 0 N–H and O–H groups in total. The van der Waals surface area contributed by atoms with Crippen molar-refractivity contribution in [2.75, 3.05) is 19.8 Å². The number of rotatable bonds is 19. The first-order valence-electron chi connectivity index (χ1n) is 15.9. The van der Waals surface area contributed by atoms with Crippen molar-refractivity contribution in [3.8, 4) is 22.6 Å². The normalized spacial score (nSPS) is 11.4. The molecule has 0 aromatic heterocycles. The predicted octanol–water partition coefficient (Wildman–Crippen LogP) is 8.84. The molecule has 0 unspecified atom stereocenters. The number of hydrogen-bond donors (Lipinski definition) is 0. The highest BCUT2D eigenvalue weighted by Gasteiger charge is 2.12. The molecule has 0 aliphatic heterocycles. The molecule has 0 aliphatic rings. The molecule has 0 radical (unpaired) electrons. The van der Waals surface area contributed by atoms with Gasteiger partial charge in [0.1, 0.15) is 11.5 Å². The van der Waals surface area contributed by atoms with E-state index in [0.717, 1.165) is 49.7 Å². The summed E-state index contributed by atoms with van der Waals surface area (Å²) in [5, 5.41) is 0. The lowest BCUT2D eigenvalue weighted by atomic mass is 10.0. The van der Waals surface area contributed by atoms with Gasteiger partial charge in [-0.25, -0.2) is 9.59 Å². The van der Waals surface area contributed by atoms with Crippen LogP contribution in [0, 0.1) is 5.92 Å². The van der Waals surface area contributed by atoms with Crippen LogP contribution in [0.4, 0.5) is 0 Å². The van der Waals surface area contributed by atoms with E-state index in [1.807, 2.05) is 24.3 Å². The Labute approximate surface area is 261 Å². The number of carbonyl (C=O) groups excluding carboxylic acids is 3. The number of carbonyl (C=O) groups is 3. The van der Waals surface area contributed by atoms with Crippen LogP contribution < -0.4 is 9.47 Å². The van der Waals surface area contributed by atoms with Gasteiger partial charge in [-0.2, -0.15) is 0 Å². The second-order valence-corrected chi connectivity index (χ2v) is 11.1. The summed E-state index contributed by atoms with van der Waals surface area (Å²) < 4.78 is 21.9. The highest BCUT2D eigenvalue weighted by Crippen LogP contribution is 2.24. The van der Waals surface area contributed by atoms with E-state index in [4.69, 9.17) is 18.9 Å². The van der Waals surface area contributed by atoms with Crippen molar-refractivity contribution >= 4 is 17.9 Å². The first-order chi connectivity index (χ1) is 21.4. The molecular weight excluding hydrogens is 556 g/mol. The zero-order valence-electron chi connectivity index (χ0n) is 26.3. The van der Waals surface area contributed by atoms with Gasteiger partial charge in [-0.3, -0.25) is 4.79 Å². The van der Waals surface area contributed by atoms with Gasteiger partial charge >= 0.3 is 17.9 Å². The van der Waals surface area contributed by atoms with Crippen LogP contribution in [0.25, 0.3) is 11.1 Å². The van der Waals surface area contributed by atoms with Gasteiger partial charge in [0.15, 0.2) is 0 Å². The molecule has 0 fully saturated rings. The minimum absolute atomic E-state index is 0.157. The number of hydrogen-bond acceptors (Lipinski definition) is 7. The lowest BCUT2D eigenvalue weighted by Crippen LogP contribution is -2.12. The van der Waals surface area contributed by atoms with E-state index in [-0.39, 0.29) is 11.9 Å². The van der Waals surface area contributed by atoms with Gasteiger partial charge in [-0.15, -0.1) is 0 Å². The lowest BCUT2D eigenvalue weighted by molar-refractivity contribution is -0.143. The monoisotopic (exact) mass is 602 g/mol. The van der Waals surface area contributed by atoms with Crippen molar-refractivity contribution in [3.05, 3.63) is 83.9 Å². The molecule has 0 saturated carbocycles. The van der Waals surface area contributed by atoms with Gasteiger partial charge in [0.2, 0.25) is 0 Å². The van der Waals surface area contributed by atoms with E-state index >= 15 is 0 Å². The lowest BCUT2D eigenvalue weighted by Gasteiger charge is -2.12. The van der Waals surface area contributed by atoms with Gasteiger partial charge in [-0.05, 0) is 97.7 Å². The molecule has 7 heteroatoms. The molecular formula is C37H46O7. The second kappa shape index (κ2) is 19.2. The van der Waals surface area contributed by atoms with E-state index in [0.29, 0.717) is 54.8 Å². The SMILES string of the molecule is CCCCC[C@H](C)COC(=O)c1ccc(-c2ccc(OC(=O)c3ccc(OCCCCCCOC(=O)CC)cc3)cc2)cc1. The first-order valence-corrected chi connectivity index (χ1v) is 15.9. The van der Waals surface area contributed by atoms with Crippen LogP contribution in [0.15, 0.2) is 72.8 Å². The molecule has 0 spiro atoms. The average Bonchev–Trinajstić information content (AvgIpc) is 3.05. The summed E-state index contributed by atoms with van der Waals surface area (Å²) >= 11 is 0. The Bertz CT molecular complexity index is 1280. The maximum absolute atomic E-state index is 12.7. The first kappa shape index (κ1) is 34.4. The molecule has 0 heterocycles. The van der Waals surface area contributed by atoms with E-state index in [2.05, 4.69) is 13.8 Å². The van der Waals surface area contributed by atoms with E-state index in [9.17, 15) is 14.4 Å². The van der Waals surface area contributed by atoms with Gasteiger partial charge in [0.25, 0.3) is 0 Å². The van der Waals surface area contributed by atoms with Crippen LogP contribution in [-0.4, -0.2) is 37.7 Å². The number of benzene rings is 3. The van der Waals surface area contributed by atoms with Crippen molar-refractivity contribution in [2.24, 2.45) is 5.92 Å². The highest BCUT2D eigenvalue weighted by atomic mass is 16.5. The van der Waals surface area contributed by atoms with Crippen molar-refractivity contribution < 1.29 is 33.3 Å². The molecule has 3 rings (SSSR count). The fraction of sp³-hybridized carbons (Fsp3) is 0.432. The summed E-state index contributed by atoms with van der Waals surface area (Å²) in [6, 6.07) is 21.5. The standard InChI is InChI=1S/C37H46O7/c1-4-6-9-12-28(3)27-43-36(39)31-15-13-29(14-16-31)30-17-23-34(24-18-30)44-37(40)32-19-21-33(22-20-32)41-25-10-7-8-11-26-42-35(38)5-2/h13-24,28H,4-12,25-27H2,1-3H3/t28-/m0/s1. The van der Waals surface area contributed by atoms with Crippen LogP contribution in [0.2, 0.25) is 0 Å². The Morgan fingerprint density at radius 3 is 1.82 bits per heavy atom. The minimum Gasteiger partial charge on any atom is -0.494 e. The number of esters is 3. The van der Waals surface area contributed by atoms with Gasteiger partial charge in [0.05, 0.1) is 30.9 Å². The van der Waals surface area contributed by atoms with Crippen molar-refractivity contribution in [3.63, 3.8) is 0 Å². The van der Waals surface area contributed by atoms with Crippen LogP contribution in [0.3, 0.4) is 0 Å².